The van der Waals surface area contributed by atoms with Crippen molar-refractivity contribution in [3.8, 4) is 0 Å². The fraction of sp³-hybridized carbons (Fsp3) is 0.429. The number of rotatable bonds is 1. The molecular weight excluding hydrogens is 271 g/mol. The molecule has 0 unspecified atom stereocenters. The third kappa shape index (κ3) is 1.82. The van der Waals surface area contributed by atoms with Gasteiger partial charge in [0.15, 0.2) is 0 Å². The van der Waals surface area contributed by atoms with Crippen molar-refractivity contribution in [3.63, 3.8) is 0 Å². The minimum Gasteiger partial charge on any atom is -0.152 e. The molecule has 0 amide bonds. The number of halogens is 1. The molecule has 1 heterocycles. The van der Waals surface area contributed by atoms with Gasteiger partial charge in [-0.3, -0.25) is 0 Å². The van der Waals surface area contributed by atoms with E-state index in [1.165, 1.54) is 3.57 Å². The highest BCUT2D eigenvalue weighted by molar-refractivity contribution is 14.1. The summed E-state index contributed by atoms with van der Waals surface area (Å²) >= 11 is 4.34. The quantitative estimate of drug-likeness (QED) is 0.549. The van der Waals surface area contributed by atoms with E-state index in [1.54, 1.807) is 4.50 Å². The first-order valence-corrected chi connectivity index (χ1v) is 8.71. The van der Waals surface area contributed by atoms with E-state index < -0.39 is 8.07 Å². The van der Waals surface area contributed by atoms with Crippen LogP contribution in [-0.4, -0.2) is 8.07 Å². The van der Waals surface area contributed by atoms with Gasteiger partial charge in [-0.2, -0.15) is 11.3 Å². The third-order valence-corrected chi connectivity index (χ3v) is 7.62. The summed E-state index contributed by atoms with van der Waals surface area (Å²) in [6.07, 6.45) is 0. The Morgan fingerprint density at radius 3 is 2.20 bits per heavy atom. The van der Waals surface area contributed by atoms with E-state index >= 15 is 0 Å². The van der Waals surface area contributed by atoms with E-state index in [4.69, 9.17) is 0 Å². The molecule has 0 radical (unpaired) electrons. The van der Waals surface area contributed by atoms with Crippen LogP contribution in [0, 0.1) is 3.57 Å². The van der Waals surface area contributed by atoms with Gasteiger partial charge in [0.05, 0.1) is 8.07 Å². The molecule has 0 aromatic carbocycles. The summed E-state index contributed by atoms with van der Waals surface area (Å²) in [7, 11) is -1.01. The molecule has 0 saturated carbocycles. The zero-order valence-electron chi connectivity index (χ0n) is 6.44. The normalized spacial score (nSPS) is 12.0. The summed E-state index contributed by atoms with van der Waals surface area (Å²) in [4.78, 5) is 0. The van der Waals surface area contributed by atoms with Gasteiger partial charge >= 0.3 is 0 Å². The molecule has 0 aliphatic rings. The average molecular weight is 282 g/mol. The molecule has 1 rings (SSSR count). The highest BCUT2D eigenvalue weighted by atomic mass is 127. The average Bonchev–Trinajstić information content (AvgIpc) is 2.11. The first-order valence-electron chi connectivity index (χ1n) is 3.25. The van der Waals surface area contributed by atoms with Crippen LogP contribution in [0.2, 0.25) is 19.6 Å². The number of thiophene rings is 1. The van der Waals surface area contributed by atoms with E-state index in [1.807, 2.05) is 11.3 Å². The minimum absolute atomic E-state index is 1.01. The van der Waals surface area contributed by atoms with Gasteiger partial charge in [-0.25, -0.2) is 0 Å². The molecule has 1 aromatic heterocycles. The van der Waals surface area contributed by atoms with Gasteiger partial charge in [0.25, 0.3) is 0 Å². The standard InChI is InChI=1S/C7H11ISSi/c1-10(2,3)7-6(8)4-5-9-7/h4-5H,1-3H3. The van der Waals surface area contributed by atoms with Crippen molar-refractivity contribution >= 4 is 46.5 Å². The Labute approximate surface area is 80.8 Å². The van der Waals surface area contributed by atoms with Gasteiger partial charge in [-0.05, 0) is 34.0 Å². The van der Waals surface area contributed by atoms with E-state index in [0.717, 1.165) is 0 Å². The molecule has 1 aromatic rings. The molecule has 0 fully saturated rings. The summed E-state index contributed by atoms with van der Waals surface area (Å²) in [6.45, 7) is 7.17. The SMILES string of the molecule is C[Si](C)(C)c1sccc1I. The van der Waals surface area contributed by atoms with E-state index in [0.29, 0.717) is 0 Å². The van der Waals surface area contributed by atoms with Gasteiger partial charge in [0.1, 0.15) is 0 Å². The molecule has 0 bridgehead atoms. The number of hydrogen-bond acceptors (Lipinski definition) is 1. The van der Waals surface area contributed by atoms with Crippen molar-refractivity contribution in [2.45, 2.75) is 19.6 Å². The fourth-order valence-corrected chi connectivity index (χ4v) is 7.00. The van der Waals surface area contributed by atoms with Crippen molar-refractivity contribution in [2.75, 3.05) is 0 Å². The molecule has 0 spiro atoms. The second kappa shape index (κ2) is 2.95. The van der Waals surface area contributed by atoms with E-state index in [-0.39, 0.29) is 0 Å². The molecule has 0 aliphatic heterocycles. The second-order valence-corrected chi connectivity index (χ2v) is 10.8. The summed E-state index contributed by atoms with van der Waals surface area (Å²) < 4.78 is 3.09. The highest BCUT2D eigenvalue weighted by Crippen LogP contribution is 2.13. The summed E-state index contributed by atoms with van der Waals surface area (Å²) in [5, 5.41) is 2.19. The maximum atomic E-state index is 2.43. The van der Waals surface area contributed by atoms with Crippen LogP contribution in [0.3, 0.4) is 0 Å². The van der Waals surface area contributed by atoms with Crippen LogP contribution in [0.4, 0.5) is 0 Å². The Bertz CT molecular complexity index is 224. The molecule has 0 atom stereocenters. The monoisotopic (exact) mass is 282 g/mol. The van der Waals surface area contributed by atoms with Gasteiger partial charge in [0, 0.05) is 8.07 Å². The minimum atomic E-state index is -1.01. The zero-order chi connectivity index (χ0) is 7.78. The van der Waals surface area contributed by atoms with E-state index in [2.05, 4.69) is 53.7 Å². The molecule has 0 N–H and O–H groups in total. The Kier molecular flexibility index (Phi) is 2.58. The van der Waals surface area contributed by atoms with Crippen molar-refractivity contribution in [1.82, 2.24) is 0 Å². The Hall–Kier alpha value is 0.647. The first kappa shape index (κ1) is 8.74. The maximum absolute atomic E-state index is 2.43. The van der Waals surface area contributed by atoms with E-state index in [9.17, 15) is 0 Å². The molecule has 0 aliphatic carbocycles. The van der Waals surface area contributed by atoms with Crippen molar-refractivity contribution in [1.29, 1.82) is 0 Å². The fourth-order valence-electron chi connectivity index (χ4n) is 0.829. The van der Waals surface area contributed by atoms with Crippen LogP contribution in [0.5, 0.6) is 0 Å². The van der Waals surface area contributed by atoms with Crippen LogP contribution in [0.15, 0.2) is 11.4 Å². The zero-order valence-corrected chi connectivity index (χ0v) is 10.4. The summed E-state index contributed by atoms with van der Waals surface area (Å²) in [5.41, 5.74) is 0. The lowest BCUT2D eigenvalue weighted by atomic mass is 10.7. The predicted molar refractivity (Wildman–Crippen MR) is 60.0 cm³/mol. The molecule has 0 saturated heterocycles. The Balaban J connectivity index is 3.05. The third-order valence-electron chi connectivity index (χ3n) is 1.30. The number of hydrogen-bond donors (Lipinski definition) is 0. The second-order valence-electron chi connectivity index (χ2n) is 3.35. The van der Waals surface area contributed by atoms with Gasteiger partial charge in [-0.15, -0.1) is 0 Å². The van der Waals surface area contributed by atoms with Crippen molar-refractivity contribution in [3.05, 3.63) is 15.0 Å². The molecule has 10 heavy (non-hydrogen) atoms. The van der Waals surface area contributed by atoms with Crippen LogP contribution in [-0.2, 0) is 0 Å². The topological polar surface area (TPSA) is 0 Å². The highest BCUT2D eigenvalue weighted by Gasteiger charge is 2.20. The van der Waals surface area contributed by atoms with Crippen LogP contribution >= 0.6 is 33.9 Å². The maximum Gasteiger partial charge on any atom is 0.0918 e. The predicted octanol–water partition coefficient (Wildman–Crippen LogP) is 2.90. The van der Waals surface area contributed by atoms with Crippen LogP contribution in [0.1, 0.15) is 0 Å². The van der Waals surface area contributed by atoms with Crippen LogP contribution < -0.4 is 4.50 Å². The molecule has 3 heteroatoms. The van der Waals surface area contributed by atoms with Crippen molar-refractivity contribution < 1.29 is 0 Å². The molecule has 0 nitrogen and oxygen atoms in total. The van der Waals surface area contributed by atoms with Crippen molar-refractivity contribution in [2.24, 2.45) is 0 Å². The van der Waals surface area contributed by atoms with Gasteiger partial charge < -0.3 is 0 Å². The van der Waals surface area contributed by atoms with Crippen LogP contribution in [0.25, 0.3) is 0 Å². The smallest absolute Gasteiger partial charge is 0.0918 e. The Morgan fingerprint density at radius 1 is 1.40 bits per heavy atom. The Morgan fingerprint density at radius 2 is 2.00 bits per heavy atom. The first-order chi connectivity index (χ1) is 4.52. The molecular formula is C7H11ISSi. The summed E-state index contributed by atoms with van der Waals surface area (Å²) in [6, 6.07) is 2.21. The lowest BCUT2D eigenvalue weighted by molar-refractivity contribution is 1.76. The lowest BCUT2D eigenvalue weighted by Crippen LogP contribution is -2.36. The van der Waals surface area contributed by atoms with Gasteiger partial charge in [0.2, 0.25) is 0 Å². The van der Waals surface area contributed by atoms with Gasteiger partial charge in [-0.1, -0.05) is 19.6 Å². The molecule has 56 valence electrons. The lowest BCUT2D eigenvalue weighted by Gasteiger charge is -2.13. The largest absolute Gasteiger partial charge is 0.152 e. The summed E-state index contributed by atoms with van der Waals surface area (Å²) in [5.74, 6) is 0.